The smallest absolute Gasteiger partial charge is 0.326 e. The molecule has 0 fully saturated rings. The molecule has 1 aromatic carbocycles. The Kier molecular flexibility index (Phi) is 9.10. The summed E-state index contributed by atoms with van der Waals surface area (Å²) >= 11 is 0. The third-order valence-electron chi connectivity index (χ3n) is 5.01. The molecule has 0 spiro atoms. The lowest BCUT2D eigenvalue weighted by Gasteiger charge is -2.22. The molecule has 0 radical (unpaired) electrons. The van der Waals surface area contributed by atoms with Gasteiger partial charge in [-0.05, 0) is 18.6 Å². The van der Waals surface area contributed by atoms with Crippen molar-refractivity contribution in [3.05, 3.63) is 36.0 Å². The van der Waals surface area contributed by atoms with Crippen LogP contribution in [0, 0.1) is 0 Å². The van der Waals surface area contributed by atoms with Crippen LogP contribution < -0.4 is 21.7 Å². The molecule has 0 aliphatic heterocycles. The predicted molar refractivity (Wildman–Crippen MR) is 118 cm³/mol. The summed E-state index contributed by atoms with van der Waals surface area (Å²) in [5, 5.41) is 35.2. The van der Waals surface area contributed by atoms with Crippen LogP contribution in [-0.4, -0.2) is 80.7 Å². The lowest BCUT2D eigenvalue weighted by molar-refractivity contribution is -0.142. The number of amides is 3. The number of aliphatic carboxylic acids is 2. The molecule has 13 nitrogen and oxygen atoms in total. The van der Waals surface area contributed by atoms with E-state index in [2.05, 4.69) is 20.9 Å². The number of aliphatic hydroxyl groups is 1. The third-order valence-corrected chi connectivity index (χ3v) is 5.01. The van der Waals surface area contributed by atoms with E-state index in [-0.39, 0.29) is 6.42 Å². The number of carbonyl (C=O) groups is 5. The van der Waals surface area contributed by atoms with Crippen LogP contribution in [0.5, 0.6) is 0 Å². The normalized spacial score (nSPS) is 14.4. The topological polar surface area (TPSA) is 224 Å². The molecular weight excluding hydrogens is 450 g/mol. The monoisotopic (exact) mass is 477 g/mol. The minimum atomic E-state index is -1.50. The second-order valence-corrected chi connectivity index (χ2v) is 7.64. The molecule has 3 amide bonds. The first-order chi connectivity index (χ1) is 16.0. The standard InChI is InChI=1S/C21H27N5O8/c1-10(24-20(32)16(9-27)26-19(31)13(22)7-17(28)29)18(30)25-15(21(33)34)6-11-8-23-14-5-3-2-4-12(11)14/h2-5,8,10,13,15-16,23,27H,6-7,9,22H2,1H3,(H,24,32)(H,25,30)(H,26,31)(H,28,29)(H,33,34). The third kappa shape index (κ3) is 7.02. The summed E-state index contributed by atoms with van der Waals surface area (Å²) in [5.41, 5.74) is 6.91. The zero-order valence-corrected chi connectivity index (χ0v) is 18.3. The molecule has 1 heterocycles. The number of H-pyrrole nitrogens is 1. The first kappa shape index (κ1) is 26.3. The quantitative estimate of drug-likeness (QED) is 0.170. The summed E-state index contributed by atoms with van der Waals surface area (Å²) in [4.78, 5) is 62.1. The number of nitrogens with one attached hydrogen (secondary N) is 4. The lowest BCUT2D eigenvalue weighted by Crippen LogP contribution is -2.57. The van der Waals surface area contributed by atoms with Crippen molar-refractivity contribution in [2.75, 3.05) is 6.61 Å². The lowest BCUT2D eigenvalue weighted by atomic mass is 10.0. The zero-order valence-electron chi connectivity index (χ0n) is 18.3. The Hall–Kier alpha value is -3.97. The summed E-state index contributed by atoms with van der Waals surface area (Å²) in [5.74, 6) is -5.31. The van der Waals surface area contributed by atoms with Gasteiger partial charge in [-0.1, -0.05) is 18.2 Å². The number of benzene rings is 1. The van der Waals surface area contributed by atoms with Gasteiger partial charge in [-0.3, -0.25) is 19.2 Å². The Morgan fingerprint density at radius 3 is 2.24 bits per heavy atom. The van der Waals surface area contributed by atoms with Crippen molar-refractivity contribution in [1.82, 2.24) is 20.9 Å². The van der Waals surface area contributed by atoms with Gasteiger partial charge in [-0.2, -0.15) is 0 Å². The summed E-state index contributed by atoms with van der Waals surface area (Å²) < 4.78 is 0. The van der Waals surface area contributed by atoms with Gasteiger partial charge in [-0.25, -0.2) is 4.79 Å². The molecule has 0 bridgehead atoms. The van der Waals surface area contributed by atoms with E-state index in [0.29, 0.717) is 5.56 Å². The van der Waals surface area contributed by atoms with Crippen LogP contribution in [0.2, 0.25) is 0 Å². The maximum absolute atomic E-state index is 12.5. The highest BCUT2D eigenvalue weighted by atomic mass is 16.4. The largest absolute Gasteiger partial charge is 0.481 e. The Balaban J connectivity index is 1.98. The molecule has 4 unspecified atom stereocenters. The summed E-state index contributed by atoms with van der Waals surface area (Å²) in [6.45, 7) is 0.453. The molecule has 0 aliphatic carbocycles. The van der Waals surface area contributed by atoms with Gasteiger partial charge in [0.15, 0.2) is 0 Å². The van der Waals surface area contributed by atoms with E-state index in [1.165, 1.54) is 6.92 Å². The molecule has 4 atom stereocenters. The number of carboxylic acid groups (broad SMARTS) is 2. The highest BCUT2D eigenvalue weighted by molar-refractivity contribution is 5.94. The van der Waals surface area contributed by atoms with Gasteiger partial charge < -0.3 is 42.0 Å². The van der Waals surface area contributed by atoms with E-state index in [9.17, 15) is 34.2 Å². The Morgan fingerprint density at radius 2 is 1.62 bits per heavy atom. The number of nitrogens with two attached hydrogens (primary N) is 1. The Morgan fingerprint density at radius 1 is 0.971 bits per heavy atom. The maximum atomic E-state index is 12.5. The number of hydrogen-bond acceptors (Lipinski definition) is 7. The molecule has 0 saturated heterocycles. The minimum Gasteiger partial charge on any atom is -0.481 e. The number of para-hydroxylation sites is 1. The van der Waals surface area contributed by atoms with E-state index < -0.39 is 66.9 Å². The van der Waals surface area contributed by atoms with Crippen molar-refractivity contribution in [2.24, 2.45) is 5.73 Å². The van der Waals surface area contributed by atoms with Crippen molar-refractivity contribution in [2.45, 2.75) is 43.9 Å². The Bertz CT molecular complexity index is 1070. The zero-order chi connectivity index (χ0) is 25.4. The van der Waals surface area contributed by atoms with Gasteiger partial charge in [-0.15, -0.1) is 0 Å². The van der Waals surface area contributed by atoms with Crippen LogP contribution in [0.1, 0.15) is 18.9 Å². The van der Waals surface area contributed by atoms with Crippen LogP contribution in [0.4, 0.5) is 0 Å². The van der Waals surface area contributed by atoms with E-state index in [0.717, 1.165) is 10.9 Å². The van der Waals surface area contributed by atoms with Crippen molar-refractivity contribution in [3.63, 3.8) is 0 Å². The average Bonchev–Trinajstić information content (AvgIpc) is 3.18. The fourth-order valence-electron chi connectivity index (χ4n) is 3.15. The van der Waals surface area contributed by atoms with Crippen molar-refractivity contribution < 1.29 is 39.3 Å². The summed E-state index contributed by atoms with van der Waals surface area (Å²) in [6, 6.07) is 1.84. The van der Waals surface area contributed by atoms with Gasteiger partial charge >= 0.3 is 11.9 Å². The molecule has 2 aromatic rings. The number of carboxylic acids is 2. The first-order valence-electron chi connectivity index (χ1n) is 10.3. The number of aromatic nitrogens is 1. The first-order valence-corrected chi connectivity index (χ1v) is 10.3. The fourth-order valence-corrected chi connectivity index (χ4v) is 3.15. The number of rotatable bonds is 12. The highest BCUT2D eigenvalue weighted by Crippen LogP contribution is 2.19. The number of fused-ring (bicyclic) bond motifs is 1. The molecule has 9 N–H and O–H groups in total. The predicted octanol–water partition coefficient (Wildman–Crippen LogP) is -1.94. The molecule has 34 heavy (non-hydrogen) atoms. The van der Waals surface area contributed by atoms with Gasteiger partial charge in [0.2, 0.25) is 17.7 Å². The van der Waals surface area contributed by atoms with Crippen LogP contribution >= 0.6 is 0 Å². The summed E-state index contributed by atoms with van der Waals surface area (Å²) in [7, 11) is 0. The second-order valence-electron chi connectivity index (χ2n) is 7.64. The number of hydrogen-bond donors (Lipinski definition) is 8. The average molecular weight is 477 g/mol. The molecule has 13 heteroatoms. The van der Waals surface area contributed by atoms with Gasteiger partial charge in [0, 0.05) is 23.5 Å². The highest BCUT2D eigenvalue weighted by Gasteiger charge is 2.29. The Labute approximate surface area is 193 Å². The number of aliphatic hydroxyl groups excluding tert-OH is 1. The van der Waals surface area contributed by atoms with Crippen LogP contribution in [0.3, 0.4) is 0 Å². The van der Waals surface area contributed by atoms with Gasteiger partial charge in [0.25, 0.3) is 0 Å². The molecule has 1 aromatic heterocycles. The van der Waals surface area contributed by atoms with Gasteiger partial charge in [0.1, 0.15) is 18.1 Å². The molecule has 2 rings (SSSR count). The molecule has 184 valence electrons. The van der Waals surface area contributed by atoms with Crippen molar-refractivity contribution in [1.29, 1.82) is 0 Å². The van der Waals surface area contributed by atoms with E-state index in [1.807, 2.05) is 18.2 Å². The van der Waals surface area contributed by atoms with Crippen LogP contribution in [0.15, 0.2) is 30.5 Å². The molecular formula is C21H27N5O8. The van der Waals surface area contributed by atoms with Crippen LogP contribution in [0.25, 0.3) is 10.9 Å². The summed E-state index contributed by atoms with van der Waals surface area (Å²) in [6.07, 6.45) is 0.960. The molecule has 0 saturated carbocycles. The van der Waals surface area contributed by atoms with Gasteiger partial charge in [0.05, 0.1) is 19.1 Å². The van der Waals surface area contributed by atoms with E-state index in [1.54, 1.807) is 12.3 Å². The number of carbonyl (C=O) groups excluding carboxylic acids is 3. The van der Waals surface area contributed by atoms with Crippen molar-refractivity contribution >= 4 is 40.6 Å². The maximum Gasteiger partial charge on any atom is 0.326 e. The fraction of sp³-hybridized carbons (Fsp3) is 0.381. The number of aromatic amines is 1. The SMILES string of the molecule is CC(NC(=O)C(CO)NC(=O)C(N)CC(=O)O)C(=O)NC(Cc1c[nH]c2ccccc12)C(=O)O. The van der Waals surface area contributed by atoms with Crippen molar-refractivity contribution in [3.8, 4) is 0 Å². The molecule has 0 aliphatic rings. The van der Waals surface area contributed by atoms with Crippen LogP contribution in [-0.2, 0) is 30.4 Å². The minimum absolute atomic E-state index is 0.0114. The second kappa shape index (κ2) is 11.8. The van der Waals surface area contributed by atoms with E-state index >= 15 is 0 Å². The van der Waals surface area contributed by atoms with E-state index in [4.69, 9.17) is 10.8 Å².